The molecule has 2 fully saturated rings. The van der Waals surface area contributed by atoms with Gasteiger partial charge in [-0.3, -0.25) is 4.90 Å². The van der Waals surface area contributed by atoms with E-state index < -0.39 is 17.9 Å². The van der Waals surface area contributed by atoms with Gasteiger partial charge in [0.2, 0.25) is 0 Å². The number of likely N-dealkylation sites (tertiary alicyclic amines) is 1. The molecule has 3 N–H and O–H groups in total. The molecule has 2 aromatic rings. The van der Waals surface area contributed by atoms with E-state index in [1.54, 1.807) is 13.0 Å². The third-order valence-corrected chi connectivity index (χ3v) is 7.49. The van der Waals surface area contributed by atoms with Crippen LogP contribution in [0.15, 0.2) is 18.2 Å². The number of nitrogens with zero attached hydrogens (tertiary/aromatic N) is 5. The molecule has 4 heterocycles. The third-order valence-electron chi connectivity index (χ3n) is 7.49. The standard InChI is InChI=1S/C26H34FN7O4/c1-3-28-25(35)30-21-5-4-17(12-20(21)27)23-29-22-14-33(18-6-8-32(9-7-18)26(36)37)13-19(22)24(31-23)34-10-11-38-15-16(34)2/h4-5,12,16,18H,3,6-11,13-15H2,1-2H3,(H,36,37)(H2,28,30,35). The number of carboxylic acid groups (broad SMARTS) is 1. The molecule has 11 nitrogen and oxygen atoms in total. The largest absolute Gasteiger partial charge is 0.465 e. The van der Waals surface area contributed by atoms with Crippen molar-refractivity contribution < 1.29 is 23.8 Å². The fourth-order valence-corrected chi connectivity index (χ4v) is 5.43. The zero-order valence-corrected chi connectivity index (χ0v) is 21.7. The first-order chi connectivity index (χ1) is 18.3. The molecule has 38 heavy (non-hydrogen) atoms. The summed E-state index contributed by atoms with van der Waals surface area (Å²) in [7, 11) is 0. The molecule has 0 bridgehead atoms. The van der Waals surface area contributed by atoms with Crippen LogP contribution in [0.1, 0.15) is 37.9 Å². The van der Waals surface area contributed by atoms with Gasteiger partial charge in [-0.05, 0) is 44.9 Å². The van der Waals surface area contributed by atoms with Crippen molar-refractivity contribution in [2.24, 2.45) is 0 Å². The van der Waals surface area contributed by atoms with Gasteiger partial charge in [0.25, 0.3) is 0 Å². The Labute approximate surface area is 221 Å². The van der Waals surface area contributed by atoms with E-state index in [0.29, 0.717) is 63.9 Å². The number of amides is 3. The summed E-state index contributed by atoms with van der Waals surface area (Å²) in [6.45, 7) is 8.59. The van der Waals surface area contributed by atoms with Gasteiger partial charge >= 0.3 is 12.1 Å². The molecule has 204 valence electrons. The summed E-state index contributed by atoms with van der Waals surface area (Å²) in [6, 6.07) is 4.51. The summed E-state index contributed by atoms with van der Waals surface area (Å²) in [5.74, 6) is 0.714. The number of hydrogen-bond acceptors (Lipinski definition) is 7. The van der Waals surface area contributed by atoms with Gasteiger partial charge in [0.05, 0.1) is 30.6 Å². The third kappa shape index (κ3) is 5.37. The second kappa shape index (κ2) is 11.1. The highest BCUT2D eigenvalue weighted by Crippen LogP contribution is 2.36. The van der Waals surface area contributed by atoms with Gasteiger partial charge in [-0.1, -0.05) is 0 Å². The second-order valence-corrected chi connectivity index (χ2v) is 10.00. The number of morpholine rings is 1. The van der Waals surface area contributed by atoms with Crippen LogP contribution in [0.2, 0.25) is 0 Å². The molecule has 3 amide bonds. The Balaban J connectivity index is 1.44. The number of aromatic nitrogens is 2. The molecule has 0 aliphatic carbocycles. The second-order valence-electron chi connectivity index (χ2n) is 10.00. The van der Waals surface area contributed by atoms with Gasteiger partial charge in [-0.15, -0.1) is 0 Å². The Bertz CT molecular complexity index is 1200. The zero-order chi connectivity index (χ0) is 26.8. The molecular formula is C26H34FN7O4. The minimum absolute atomic E-state index is 0.0850. The number of ether oxygens (including phenoxy) is 1. The maximum atomic E-state index is 14.9. The molecule has 1 atom stereocenters. The maximum absolute atomic E-state index is 14.9. The fourth-order valence-electron chi connectivity index (χ4n) is 5.43. The lowest BCUT2D eigenvalue weighted by Gasteiger charge is -2.36. The molecule has 3 aliphatic rings. The molecule has 0 spiro atoms. The van der Waals surface area contributed by atoms with Crippen LogP contribution in [0.3, 0.4) is 0 Å². The normalized spacial score (nSPS) is 20.3. The van der Waals surface area contributed by atoms with E-state index in [0.717, 1.165) is 29.9 Å². The van der Waals surface area contributed by atoms with E-state index in [1.807, 2.05) is 0 Å². The molecule has 12 heteroatoms. The summed E-state index contributed by atoms with van der Waals surface area (Å²) in [5.41, 5.74) is 2.59. The Morgan fingerprint density at radius 2 is 1.97 bits per heavy atom. The Hall–Kier alpha value is -3.51. The molecule has 2 saturated heterocycles. The van der Waals surface area contributed by atoms with Gasteiger partial charge in [0.1, 0.15) is 11.6 Å². The Morgan fingerprint density at radius 1 is 1.18 bits per heavy atom. The number of hydrogen-bond donors (Lipinski definition) is 3. The number of carbonyl (C=O) groups excluding carboxylic acids is 1. The van der Waals surface area contributed by atoms with Crippen LogP contribution in [0, 0.1) is 5.82 Å². The molecule has 0 saturated carbocycles. The van der Waals surface area contributed by atoms with Crippen LogP contribution in [0.5, 0.6) is 0 Å². The SMILES string of the molecule is CCNC(=O)Nc1ccc(-c2nc3c(c(N4CCOCC4C)n2)CN(C2CCN(C(=O)O)CC2)C3)cc1F. The average molecular weight is 528 g/mol. The van der Waals surface area contributed by atoms with Crippen molar-refractivity contribution >= 4 is 23.6 Å². The van der Waals surface area contributed by atoms with Gasteiger partial charge < -0.3 is 30.3 Å². The first-order valence-electron chi connectivity index (χ1n) is 13.1. The van der Waals surface area contributed by atoms with Gasteiger partial charge in [0.15, 0.2) is 5.82 Å². The predicted molar refractivity (Wildman–Crippen MR) is 140 cm³/mol. The van der Waals surface area contributed by atoms with Crippen LogP contribution in [0.4, 0.5) is 25.5 Å². The van der Waals surface area contributed by atoms with Crippen molar-refractivity contribution in [2.75, 3.05) is 49.6 Å². The number of nitrogens with one attached hydrogen (secondary N) is 2. The van der Waals surface area contributed by atoms with Crippen LogP contribution < -0.4 is 15.5 Å². The smallest absolute Gasteiger partial charge is 0.407 e. The fraction of sp³-hybridized carbons (Fsp3) is 0.538. The topological polar surface area (TPSA) is 123 Å². The van der Waals surface area contributed by atoms with Gasteiger partial charge in [0, 0.05) is 56.4 Å². The first-order valence-corrected chi connectivity index (χ1v) is 13.1. The molecule has 1 aromatic heterocycles. The highest BCUT2D eigenvalue weighted by molar-refractivity contribution is 5.89. The van der Waals surface area contributed by atoms with Crippen LogP contribution in [-0.4, -0.2) is 88.5 Å². The number of urea groups is 1. The van der Waals surface area contributed by atoms with E-state index >= 15 is 0 Å². The number of rotatable bonds is 5. The number of halogens is 1. The lowest BCUT2D eigenvalue weighted by atomic mass is 10.0. The molecule has 3 aliphatic heterocycles. The monoisotopic (exact) mass is 527 g/mol. The highest BCUT2D eigenvalue weighted by Gasteiger charge is 2.35. The zero-order valence-electron chi connectivity index (χ0n) is 21.7. The van der Waals surface area contributed by atoms with E-state index in [2.05, 4.69) is 27.4 Å². The van der Waals surface area contributed by atoms with Crippen molar-refractivity contribution in [3.63, 3.8) is 0 Å². The summed E-state index contributed by atoms with van der Waals surface area (Å²) in [5, 5.41) is 14.4. The quantitative estimate of drug-likeness (QED) is 0.542. The number of fused-ring (bicyclic) bond motifs is 1. The summed E-state index contributed by atoms with van der Waals surface area (Å²) in [6.07, 6.45) is 0.677. The van der Waals surface area contributed by atoms with Gasteiger partial charge in [-0.25, -0.2) is 23.9 Å². The number of carbonyl (C=O) groups is 2. The molecule has 0 radical (unpaired) electrons. The van der Waals surface area contributed by atoms with Crippen molar-refractivity contribution in [3.8, 4) is 11.4 Å². The minimum Gasteiger partial charge on any atom is -0.465 e. The molecule has 1 unspecified atom stereocenters. The van der Waals surface area contributed by atoms with Crippen molar-refractivity contribution in [1.82, 2.24) is 25.1 Å². The highest BCUT2D eigenvalue weighted by atomic mass is 19.1. The minimum atomic E-state index is -0.869. The van der Waals surface area contributed by atoms with Crippen LogP contribution >= 0.6 is 0 Å². The first kappa shape index (κ1) is 26.1. The van der Waals surface area contributed by atoms with Crippen molar-refractivity contribution in [3.05, 3.63) is 35.3 Å². The molecular weight excluding hydrogens is 493 g/mol. The Kier molecular flexibility index (Phi) is 7.61. The van der Waals surface area contributed by atoms with E-state index in [1.165, 1.54) is 17.0 Å². The molecule has 1 aromatic carbocycles. The van der Waals surface area contributed by atoms with E-state index in [9.17, 15) is 19.1 Å². The van der Waals surface area contributed by atoms with E-state index in [4.69, 9.17) is 14.7 Å². The maximum Gasteiger partial charge on any atom is 0.407 e. The molecule has 5 rings (SSSR count). The van der Waals surface area contributed by atoms with Crippen LogP contribution in [-0.2, 0) is 17.8 Å². The van der Waals surface area contributed by atoms with Gasteiger partial charge in [-0.2, -0.15) is 0 Å². The Morgan fingerprint density at radius 3 is 2.66 bits per heavy atom. The predicted octanol–water partition coefficient (Wildman–Crippen LogP) is 3.11. The van der Waals surface area contributed by atoms with Crippen molar-refractivity contribution in [1.29, 1.82) is 0 Å². The van der Waals surface area contributed by atoms with Crippen molar-refractivity contribution in [2.45, 2.75) is 51.9 Å². The summed E-state index contributed by atoms with van der Waals surface area (Å²) in [4.78, 5) is 39.1. The average Bonchev–Trinajstić information content (AvgIpc) is 3.34. The lowest BCUT2D eigenvalue weighted by molar-refractivity contribution is 0.0928. The van der Waals surface area contributed by atoms with E-state index in [-0.39, 0.29) is 17.8 Å². The summed E-state index contributed by atoms with van der Waals surface area (Å²) < 4.78 is 20.6. The summed E-state index contributed by atoms with van der Waals surface area (Å²) >= 11 is 0. The van der Waals surface area contributed by atoms with Crippen LogP contribution in [0.25, 0.3) is 11.4 Å². The number of benzene rings is 1. The number of piperidine rings is 1. The number of anilines is 2. The lowest BCUT2D eigenvalue weighted by Crippen LogP contribution is -2.45.